The SMILES string of the molecule is COCCN(c1c(C)cccc1N)C1CC1. The van der Waals surface area contributed by atoms with E-state index in [4.69, 9.17) is 10.5 Å². The van der Waals surface area contributed by atoms with E-state index in [-0.39, 0.29) is 0 Å². The van der Waals surface area contributed by atoms with Crippen molar-refractivity contribution in [1.29, 1.82) is 0 Å². The highest BCUT2D eigenvalue weighted by atomic mass is 16.5. The van der Waals surface area contributed by atoms with Crippen molar-refractivity contribution in [2.24, 2.45) is 0 Å². The van der Waals surface area contributed by atoms with E-state index < -0.39 is 0 Å². The van der Waals surface area contributed by atoms with E-state index in [1.807, 2.05) is 12.1 Å². The zero-order valence-electron chi connectivity index (χ0n) is 10.1. The van der Waals surface area contributed by atoms with Gasteiger partial charge >= 0.3 is 0 Å². The summed E-state index contributed by atoms with van der Waals surface area (Å²) in [5, 5.41) is 0. The number of aryl methyl sites for hydroxylation is 1. The van der Waals surface area contributed by atoms with E-state index in [0.29, 0.717) is 6.04 Å². The van der Waals surface area contributed by atoms with Gasteiger partial charge in [-0.3, -0.25) is 0 Å². The summed E-state index contributed by atoms with van der Waals surface area (Å²) >= 11 is 0. The number of hydrogen-bond acceptors (Lipinski definition) is 3. The quantitative estimate of drug-likeness (QED) is 0.773. The molecule has 0 bridgehead atoms. The number of anilines is 2. The average Bonchev–Trinajstić information content (AvgIpc) is 3.06. The van der Waals surface area contributed by atoms with Gasteiger partial charge in [0.25, 0.3) is 0 Å². The Hall–Kier alpha value is -1.22. The number of rotatable bonds is 5. The minimum Gasteiger partial charge on any atom is -0.397 e. The summed E-state index contributed by atoms with van der Waals surface area (Å²) in [5.74, 6) is 0. The fraction of sp³-hybridized carbons (Fsp3) is 0.538. The molecular weight excluding hydrogens is 200 g/mol. The van der Waals surface area contributed by atoms with Gasteiger partial charge < -0.3 is 15.4 Å². The molecule has 1 fully saturated rings. The van der Waals surface area contributed by atoms with E-state index in [0.717, 1.165) is 18.8 Å². The fourth-order valence-electron chi connectivity index (χ4n) is 2.13. The number of benzene rings is 1. The molecule has 0 spiro atoms. The monoisotopic (exact) mass is 220 g/mol. The second-order valence-electron chi connectivity index (χ2n) is 4.43. The first-order valence-electron chi connectivity index (χ1n) is 5.84. The number of para-hydroxylation sites is 1. The maximum absolute atomic E-state index is 6.08. The lowest BCUT2D eigenvalue weighted by molar-refractivity contribution is 0.205. The summed E-state index contributed by atoms with van der Waals surface area (Å²) in [6, 6.07) is 6.77. The second-order valence-corrected chi connectivity index (χ2v) is 4.43. The Labute approximate surface area is 97.2 Å². The van der Waals surface area contributed by atoms with Gasteiger partial charge in [-0.1, -0.05) is 12.1 Å². The van der Waals surface area contributed by atoms with Crippen molar-refractivity contribution in [3.63, 3.8) is 0 Å². The van der Waals surface area contributed by atoms with Gasteiger partial charge in [0.2, 0.25) is 0 Å². The molecular formula is C13H20N2O. The van der Waals surface area contributed by atoms with Crippen LogP contribution in [0.25, 0.3) is 0 Å². The minimum atomic E-state index is 0.665. The Balaban J connectivity index is 2.23. The first kappa shape index (κ1) is 11.3. The third-order valence-electron chi connectivity index (χ3n) is 3.08. The zero-order valence-corrected chi connectivity index (χ0v) is 10.1. The fourth-order valence-corrected chi connectivity index (χ4v) is 2.13. The van der Waals surface area contributed by atoms with E-state index in [1.165, 1.54) is 24.1 Å². The van der Waals surface area contributed by atoms with Crippen molar-refractivity contribution in [3.05, 3.63) is 23.8 Å². The highest BCUT2D eigenvalue weighted by Gasteiger charge is 2.30. The van der Waals surface area contributed by atoms with Gasteiger partial charge in [-0.15, -0.1) is 0 Å². The van der Waals surface area contributed by atoms with Crippen molar-refractivity contribution in [2.45, 2.75) is 25.8 Å². The maximum Gasteiger partial charge on any atom is 0.0637 e. The second kappa shape index (κ2) is 4.74. The van der Waals surface area contributed by atoms with Crippen LogP contribution in [0, 0.1) is 6.92 Å². The van der Waals surface area contributed by atoms with Crippen LogP contribution in [0.2, 0.25) is 0 Å². The van der Waals surface area contributed by atoms with Crippen LogP contribution in [0.1, 0.15) is 18.4 Å². The molecule has 3 heteroatoms. The van der Waals surface area contributed by atoms with Crippen LogP contribution in [-0.2, 0) is 4.74 Å². The molecule has 1 aliphatic carbocycles. The minimum absolute atomic E-state index is 0.665. The molecule has 0 radical (unpaired) electrons. The van der Waals surface area contributed by atoms with Crippen LogP contribution in [0.4, 0.5) is 11.4 Å². The summed E-state index contributed by atoms with van der Waals surface area (Å²) in [4.78, 5) is 2.40. The van der Waals surface area contributed by atoms with Gasteiger partial charge in [0, 0.05) is 19.7 Å². The zero-order chi connectivity index (χ0) is 11.5. The first-order chi connectivity index (χ1) is 7.74. The van der Waals surface area contributed by atoms with Crippen LogP contribution in [0.5, 0.6) is 0 Å². The molecule has 0 aliphatic heterocycles. The highest BCUT2D eigenvalue weighted by Crippen LogP contribution is 2.36. The molecule has 0 unspecified atom stereocenters. The third-order valence-corrected chi connectivity index (χ3v) is 3.08. The lowest BCUT2D eigenvalue weighted by atomic mass is 10.1. The molecule has 1 aliphatic rings. The Bertz CT molecular complexity index is 341. The molecule has 0 amide bonds. The highest BCUT2D eigenvalue weighted by molar-refractivity contribution is 5.72. The number of nitrogens with two attached hydrogens (primary N) is 1. The smallest absolute Gasteiger partial charge is 0.0637 e. The molecule has 1 aromatic carbocycles. The van der Waals surface area contributed by atoms with Gasteiger partial charge in [-0.2, -0.15) is 0 Å². The molecule has 2 N–H and O–H groups in total. The number of hydrogen-bond donors (Lipinski definition) is 1. The van der Waals surface area contributed by atoms with Crippen LogP contribution in [0.15, 0.2) is 18.2 Å². The molecule has 0 heterocycles. The molecule has 1 saturated carbocycles. The van der Waals surface area contributed by atoms with Crippen molar-refractivity contribution in [2.75, 3.05) is 30.9 Å². The normalized spacial score (nSPS) is 15.1. The van der Waals surface area contributed by atoms with Crippen LogP contribution < -0.4 is 10.6 Å². The standard InChI is InChI=1S/C13H20N2O/c1-10-4-3-5-12(14)13(10)15(8-9-16-2)11-6-7-11/h3-5,11H,6-9,14H2,1-2H3. The number of nitrogens with zero attached hydrogens (tertiary/aromatic N) is 1. The maximum atomic E-state index is 6.08. The summed E-state index contributed by atoms with van der Waals surface area (Å²) in [6.45, 7) is 3.80. The Kier molecular flexibility index (Phi) is 3.34. The predicted molar refractivity (Wildman–Crippen MR) is 67.8 cm³/mol. The number of nitrogen functional groups attached to an aromatic ring is 1. The van der Waals surface area contributed by atoms with E-state index >= 15 is 0 Å². The van der Waals surface area contributed by atoms with Crippen molar-refractivity contribution in [1.82, 2.24) is 0 Å². The lowest BCUT2D eigenvalue weighted by Gasteiger charge is -2.27. The van der Waals surface area contributed by atoms with Gasteiger partial charge in [0.15, 0.2) is 0 Å². The summed E-state index contributed by atoms with van der Waals surface area (Å²) in [5.41, 5.74) is 9.40. The summed E-state index contributed by atoms with van der Waals surface area (Å²) < 4.78 is 5.17. The molecule has 3 nitrogen and oxygen atoms in total. The molecule has 0 saturated heterocycles. The van der Waals surface area contributed by atoms with E-state index in [9.17, 15) is 0 Å². The molecule has 2 rings (SSSR count). The van der Waals surface area contributed by atoms with Gasteiger partial charge in [-0.25, -0.2) is 0 Å². The van der Waals surface area contributed by atoms with Crippen molar-refractivity contribution in [3.8, 4) is 0 Å². The van der Waals surface area contributed by atoms with E-state index in [1.54, 1.807) is 7.11 Å². The number of methoxy groups -OCH3 is 1. The van der Waals surface area contributed by atoms with Gasteiger partial charge in [-0.05, 0) is 31.4 Å². The van der Waals surface area contributed by atoms with Crippen molar-refractivity contribution >= 4 is 11.4 Å². The molecule has 88 valence electrons. The first-order valence-corrected chi connectivity index (χ1v) is 5.84. The van der Waals surface area contributed by atoms with Crippen molar-refractivity contribution < 1.29 is 4.74 Å². The molecule has 1 aromatic rings. The Morgan fingerprint density at radius 3 is 2.75 bits per heavy atom. The Morgan fingerprint density at radius 1 is 1.44 bits per heavy atom. The van der Waals surface area contributed by atoms with Crippen LogP contribution >= 0.6 is 0 Å². The molecule has 16 heavy (non-hydrogen) atoms. The lowest BCUT2D eigenvalue weighted by Crippen LogP contribution is -2.30. The van der Waals surface area contributed by atoms with Gasteiger partial charge in [0.1, 0.15) is 0 Å². The van der Waals surface area contributed by atoms with Crippen LogP contribution in [0.3, 0.4) is 0 Å². The largest absolute Gasteiger partial charge is 0.397 e. The summed E-state index contributed by atoms with van der Waals surface area (Å²) in [6.07, 6.45) is 2.55. The third kappa shape index (κ3) is 2.30. The summed E-state index contributed by atoms with van der Waals surface area (Å²) in [7, 11) is 1.74. The predicted octanol–water partition coefficient (Wildman–Crippen LogP) is 2.19. The topological polar surface area (TPSA) is 38.5 Å². The average molecular weight is 220 g/mol. The van der Waals surface area contributed by atoms with E-state index in [2.05, 4.69) is 17.9 Å². The Morgan fingerprint density at radius 2 is 2.19 bits per heavy atom. The number of ether oxygens (including phenoxy) is 1. The molecule has 0 atom stereocenters. The van der Waals surface area contributed by atoms with Gasteiger partial charge in [0.05, 0.1) is 18.0 Å². The molecule has 0 aromatic heterocycles. The van der Waals surface area contributed by atoms with Crippen LogP contribution in [-0.4, -0.2) is 26.3 Å².